The zero-order valence-electron chi connectivity index (χ0n) is 24.9. The molecule has 0 bridgehead atoms. The van der Waals surface area contributed by atoms with Gasteiger partial charge in [0.25, 0.3) is 0 Å². The van der Waals surface area contributed by atoms with E-state index in [9.17, 15) is 8.42 Å². The van der Waals surface area contributed by atoms with Crippen molar-refractivity contribution in [3.05, 3.63) is 65.7 Å². The lowest BCUT2D eigenvalue weighted by molar-refractivity contribution is 0.0535. The van der Waals surface area contributed by atoms with Gasteiger partial charge in [0.15, 0.2) is 0 Å². The maximum atomic E-state index is 13.0. The van der Waals surface area contributed by atoms with Crippen LogP contribution in [0.4, 0.5) is 5.69 Å². The second-order valence-electron chi connectivity index (χ2n) is 11.9. The molecule has 0 radical (unpaired) electrons. The number of hydrogen-bond donors (Lipinski definition) is 2. The van der Waals surface area contributed by atoms with E-state index in [1.54, 1.807) is 6.20 Å². The first-order chi connectivity index (χ1) is 19.6. The zero-order valence-corrected chi connectivity index (χ0v) is 26.7. The molecule has 11 heteroatoms. The molecular weight excluding hydrogens is 555 g/mol. The number of nitrogens with zero attached hydrogens (tertiary/aromatic N) is 3. The van der Waals surface area contributed by atoms with Crippen LogP contribution in [-0.2, 0) is 19.5 Å². The lowest BCUT2D eigenvalue weighted by Gasteiger charge is -2.31. The van der Waals surface area contributed by atoms with Gasteiger partial charge >= 0.3 is 0 Å². The number of anilines is 1. The van der Waals surface area contributed by atoms with Gasteiger partial charge < -0.3 is 24.6 Å². The van der Waals surface area contributed by atoms with Crippen molar-refractivity contribution in [2.75, 3.05) is 57.5 Å². The Hall–Kier alpha value is -2.66. The van der Waals surface area contributed by atoms with Gasteiger partial charge in [0.05, 0.1) is 30.4 Å². The summed E-state index contributed by atoms with van der Waals surface area (Å²) in [5, 5.41) is 2.85. The van der Waals surface area contributed by atoms with E-state index >= 15 is 0 Å². The van der Waals surface area contributed by atoms with Crippen LogP contribution in [-0.4, -0.2) is 90.1 Å². The van der Waals surface area contributed by atoms with Gasteiger partial charge in [-0.05, 0) is 62.7 Å². The summed E-state index contributed by atoms with van der Waals surface area (Å²) in [7, 11) is -4.69. The molecule has 9 nitrogen and oxygen atoms in total. The fourth-order valence-electron chi connectivity index (χ4n) is 5.09. The van der Waals surface area contributed by atoms with Crippen molar-refractivity contribution in [2.45, 2.75) is 50.7 Å². The number of hydrogen-bond acceptors (Lipinski definition) is 7. The number of ether oxygens (including phenoxy) is 2. The van der Waals surface area contributed by atoms with E-state index in [4.69, 9.17) is 14.5 Å². The Morgan fingerprint density at radius 3 is 2.54 bits per heavy atom. The van der Waals surface area contributed by atoms with E-state index in [1.165, 1.54) is 0 Å². The van der Waals surface area contributed by atoms with E-state index in [2.05, 4.69) is 64.8 Å². The average molecular weight is 600 g/mol. The Balaban J connectivity index is 1.64. The van der Waals surface area contributed by atoms with Crippen molar-refractivity contribution in [1.29, 1.82) is 0 Å². The Morgan fingerprint density at radius 2 is 1.90 bits per heavy atom. The monoisotopic (exact) mass is 599 g/mol. The lowest BCUT2D eigenvalue weighted by atomic mass is 10.1. The second kappa shape index (κ2) is 14.0. The second-order valence-corrected chi connectivity index (χ2v) is 19.4. The minimum atomic E-state index is -3.45. The summed E-state index contributed by atoms with van der Waals surface area (Å²) in [5.74, 6) is 0.781. The third-order valence-corrected chi connectivity index (χ3v) is 11.2. The molecule has 0 atom stereocenters. The fourth-order valence-corrected chi connectivity index (χ4v) is 7.33. The molecule has 3 aliphatic rings. The molecule has 0 unspecified atom stereocenters. The number of allylic oxidation sites excluding steroid dienone is 1. The first-order valence-corrected chi connectivity index (χ1v) is 19.7. The highest BCUT2D eigenvalue weighted by Crippen LogP contribution is 2.34. The summed E-state index contributed by atoms with van der Waals surface area (Å²) >= 11 is 0. The van der Waals surface area contributed by atoms with Crippen molar-refractivity contribution in [2.24, 2.45) is 4.99 Å². The summed E-state index contributed by atoms with van der Waals surface area (Å²) in [6, 6.07) is 8.64. The van der Waals surface area contributed by atoms with Crippen molar-refractivity contribution in [3.8, 4) is 0 Å². The smallest absolute Gasteiger partial charge is 0.235 e. The Kier molecular flexibility index (Phi) is 10.7. The lowest BCUT2D eigenvalue weighted by Crippen LogP contribution is -2.38. The molecule has 224 valence electrons. The van der Waals surface area contributed by atoms with Crippen LogP contribution >= 0.6 is 0 Å². The van der Waals surface area contributed by atoms with E-state index < -0.39 is 18.1 Å². The largest absolute Gasteiger partial charge is 0.378 e. The minimum absolute atomic E-state index is 0.351. The number of nitrogens with one attached hydrogen (secondary N) is 2. The molecule has 3 heterocycles. The van der Waals surface area contributed by atoms with Gasteiger partial charge in [-0.15, -0.1) is 5.73 Å². The summed E-state index contributed by atoms with van der Waals surface area (Å²) < 4.78 is 40.5. The highest BCUT2D eigenvalue weighted by Gasteiger charge is 2.31. The molecule has 0 amide bonds. The highest BCUT2D eigenvalue weighted by molar-refractivity contribution is 7.93. The van der Waals surface area contributed by atoms with Crippen LogP contribution in [0, 0.1) is 0 Å². The van der Waals surface area contributed by atoms with Gasteiger partial charge in [-0.1, -0.05) is 38.4 Å². The van der Waals surface area contributed by atoms with Gasteiger partial charge in [-0.25, -0.2) is 13.4 Å². The molecule has 0 aromatic heterocycles. The summed E-state index contributed by atoms with van der Waals surface area (Å²) in [6.07, 6.45) is 4.97. The molecule has 2 N–H and O–H groups in total. The Labute approximate surface area is 246 Å². The van der Waals surface area contributed by atoms with Crippen molar-refractivity contribution >= 4 is 35.3 Å². The number of amidine groups is 1. The fraction of sp³-hybridized carbons (Fsp3) is 0.533. The maximum Gasteiger partial charge on any atom is 0.235 e. The van der Waals surface area contributed by atoms with E-state index in [1.807, 2.05) is 24.3 Å². The normalized spacial score (nSPS) is 21.1. The molecule has 4 rings (SSSR count). The van der Waals surface area contributed by atoms with E-state index in [-0.39, 0.29) is 5.25 Å². The van der Waals surface area contributed by atoms with Gasteiger partial charge in [0.2, 0.25) is 10.0 Å². The van der Waals surface area contributed by atoms with Crippen molar-refractivity contribution < 1.29 is 17.9 Å². The Bertz CT molecular complexity index is 1300. The van der Waals surface area contributed by atoms with Crippen LogP contribution in [0.15, 0.2) is 65.1 Å². The molecule has 1 aromatic rings. The summed E-state index contributed by atoms with van der Waals surface area (Å²) in [4.78, 5) is 9.17. The van der Waals surface area contributed by atoms with Crippen LogP contribution in [0.25, 0.3) is 5.70 Å². The highest BCUT2D eigenvalue weighted by atomic mass is 32.2. The third-order valence-electron chi connectivity index (χ3n) is 7.60. The van der Waals surface area contributed by atoms with Crippen LogP contribution in [0.3, 0.4) is 0 Å². The van der Waals surface area contributed by atoms with Crippen molar-refractivity contribution in [1.82, 2.24) is 15.1 Å². The number of morpholine rings is 1. The topological polar surface area (TPSA) is 95.5 Å². The molecule has 41 heavy (non-hydrogen) atoms. The standard InChI is InChI=1S/C30H45N5O4SSi/c1-6-13-32-30-28(24(2)34-16-18-38-19-17-34)22-29(35(30)23-39-20-21-41(3,4)5)25-7-9-26(10-8-25)33-40(36,37)27-11-14-31-15-12-27/h7-10,13,22,27,31,33H,1,11-12,14-21,23H2,2-5H3/b28-24+,32-30+. The summed E-state index contributed by atoms with van der Waals surface area (Å²) in [6.45, 7) is 18.4. The quantitative estimate of drug-likeness (QED) is 0.220. The molecular formula is C30H45N5O4SSi. The molecule has 2 fully saturated rings. The maximum absolute atomic E-state index is 13.0. The van der Waals surface area contributed by atoms with Crippen LogP contribution in [0.5, 0.6) is 0 Å². The first kappa shape index (κ1) is 31.3. The van der Waals surface area contributed by atoms with Crippen LogP contribution in [0.2, 0.25) is 25.7 Å². The summed E-state index contributed by atoms with van der Waals surface area (Å²) in [5.41, 5.74) is 7.37. The van der Waals surface area contributed by atoms with Crippen molar-refractivity contribution in [3.63, 3.8) is 0 Å². The number of benzene rings is 1. The number of piperidine rings is 1. The number of aliphatic imine (C=N–C) groups is 1. The van der Waals surface area contributed by atoms with Crippen LogP contribution in [0.1, 0.15) is 25.3 Å². The SMILES string of the molecule is C=C=C/N=C1\C(=C(/C)N2CCOCC2)C=C(c2ccc(NS(=O)(=O)C3CCNCC3)cc2)N1COCC[Si](C)(C)C. The first-order valence-electron chi connectivity index (χ1n) is 14.4. The number of rotatable bonds is 11. The predicted octanol–water partition coefficient (Wildman–Crippen LogP) is 4.45. The van der Waals surface area contributed by atoms with E-state index in [0.717, 1.165) is 60.6 Å². The molecule has 0 saturated carbocycles. The van der Waals surface area contributed by atoms with E-state index in [0.29, 0.717) is 45.1 Å². The van der Waals surface area contributed by atoms with Gasteiger partial charge in [0, 0.05) is 44.7 Å². The van der Waals surface area contributed by atoms with Gasteiger partial charge in [-0.2, -0.15) is 0 Å². The molecule has 0 aliphatic carbocycles. The Morgan fingerprint density at radius 1 is 1.22 bits per heavy atom. The molecule has 1 aromatic carbocycles. The third kappa shape index (κ3) is 8.44. The molecule has 3 aliphatic heterocycles. The number of sulfonamides is 1. The predicted molar refractivity (Wildman–Crippen MR) is 170 cm³/mol. The average Bonchev–Trinajstić information content (AvgIpc) is 3.32. The van der Waals surface area contributed by atoms with Gasteiger partial charge in [-0.3, -0.25) is 4.72 Å². The molecule has 2 saturated heterocycles. The zero-order chi connectivity index (χ0) is 29.5. The van der Waals surface area contributed by atoms with Crippen LogP contribution < -0.4 is 10.0 Å². The molecule has 0 spiro atoms. The minimum Gasteiger partial charge on any atom is -0.378 e. The van der Waals surface area contributed by atoms with Gasteiger partial charge in [0.1, 0.15) is 12.6 Å².